The van der Waals surface area contributed by atoms with Crippen LogP contribution in [-0.4, -0.2) is 52.9 Å². The minimum absolute atomic E-state index is 0.210. The zero-order chi connectivity index (χ0) is 24.6. The third-order valence-corrected chi connectivity index (χ3v) is 6.97. The molecular weight excluding hydrogens is 470 g/mol. The van der Waals surface area contributed by atoms with Gasteiger partial charge in [-0.05, 0) is 67.2 Å². The molecule has 0 bridgehead atoms. The molecule has 0 amide bonds. The Hall–Kier alpha value is -3.46. The van der Waals surface area contributed by atoms with Gasteiger partial charge in [-0.15, -0.1) is 0 Å². The highest BCUT2D eigenvalue weighted by molar-refractivity contribution is 6.30. The van der Waals surface area contributed by atoms with Gasteiger partial charge < -0.3 is 29.4 Å². The summed E-state index contributed by atoms with van der Waals surface area (Å²) in [6, 6.07) is 16.9. The number of benzene rings is 2. The van der Waals surface area contributed by atoms with Crippen LogP contribution in [0.4, 0.5) is 17.2 Å². The minimum atomic E-state index is -0.632. The van der Waals surface area contributed by atoms with E-state index in [1.807, 2.05) is 37.3 Å². The average Bonchev–Trinajstić information content (AvgIpc) is 3.38. The number of halogens is 1. The molecule has 184 valence electrons. The molecule has 0 spiro atoms. The van der Waals surface area contributed by atoms with Crippen molar-refractivity contribution in [1.82, 2.24) is 9.55 Å². The van der Waals surface area contributed by atoms with Gasteiger partial charge in [-0.1, -0.05) is 17.7 Å². The number of fused-ring (bicyclic) bond motifs is 1. The Labute approximate surface area is 209 Å². The van der Waals surface area contributed by atoms with Gasteiger partial charge in [0.05, 0.1) is 6.54 Å². The predicted octanol–water partition coefficient (Wildman–Crippen LogP) is 4.78. The largest absolute Gasteiger partial charge is 0.489 e. The van der Waals surface area contributed by atoms with E-state index in [1.165, 1.54) is 11.9 Å². The van der Waals surface area contributed by atoms with Crippen molar-refractivity contribution in [3.8, 4) is 11.8 Å². The quantitative estimate of drug-likeness (QED) is 0.343. The van der Waals surface area contributed by atoms with Crippen LogP contribution in [0.5, 0.6) is 11.8 Å². The zero-order valence-corrected chi connectivity index (χ0v) is 20.5. The van der Waals surface area contributed by atoms with Crippen LogP contribution in [0, 0.1) is 10.1 Å². The maximum absolute atomic E-state index is 10.9. The number of aromatic nitrogens is 2. The molecule has 3 aromatic rings. The Morgan fingerprint density at radius 3 is 2.66 bits per heavy atom. The fraction of sp³-hybridized carbons (Fsp3) is 0.400. The van der Waals surface area contributed by atoms with E-state index in [0.29, 0.717) is 19.2 Å². The zero-order valence-electron chi connectivity index (χ0n) is 19.8. The molecule has 0 unspecified atom stereocenters. The molecule has 0 radical (unpaired) electrons. The van der Waals surface area contributed by atoms with Gasteiger partial charge in [0.15, 0.2) is 5.60 Å². The number of rotatable bonds is 7. The number of ether oxygens (including phenoxy) is 2. The number of nitro groups is 1. The molecule has 2 aromatic carbocycles. The smallest absolute Gasteiger partial charge is 0.415 e. The monoisotopic (exact) mass is 497 g/mol. The second-order valence-electron chi connectivity index (χ2n) is 9.41. The van der Waals surface area contributed by atoms with Crippen molar-refractivity contribution in [3.63, 3.8) is 0 Å². The lowest BCUT2D eigenvalue weighted by Gasteiger charge is -2.39. The molecule has 0 N–H and O–H groups in total. The number of hydrogen-bond acceptors (Lipinski definition) is 7. The normalized spacial score (nSPS) is 19.8. The van der Waals surface area contributed by atoms with E-state index in [0.717, 1.165) is 42.4 Å². The molecule has 9 nitrogen and oxygen atoms in total. The molecule has 1 fully saturated rings. The average molecular weight is 498 g/mol. The van der Waals surface area contributed by atoms with Crippen molar-refractivity contribution in [3.05, 3.63) is 69.9 Å². The molecule has 2 aliphatic heterocycles. The first-order chi connectivity index (χ1) is 16.8. The molecule has 1 saturated heterocycles. The van der Waals surface area contributed by atoms with Gasteiger partial charge in [0, 0.05) is 47.6 Å². The van der Waals surface area contributed by atoms with E-state index in [9.17, 15) is 10.1 Å². The number of anilines is 2. The maximum Gasteiger partial charge on any atom is 0.415 e. The standard InChI is InChI=1S/C25H28ClN5O4/c1-25(16-30-15-23(31(32)33)27-24(30)35-25)17-34-22-8-6-20(7-9-22)29-12-10-19(11-13-29)28(2)21-5-3-4-18(26)14-21/h3-9,14-15,19H,10-13,16-17H2,1-2H3/t25-/m1/s1. The lowest BCUT2D eigenvalue weighted by atomic mass is 10.0. The van der Waals surface area contributed by atoms with Gasteiger partial charge in [0.25, 0.3) is 0 Å². The first kappa shape index (κ1) is 23.3. The van der Waals surface area contributed by atoms with Gasteiger partial charge >= 0.3 is 11.8 Å². The molecule has 0 saturated carbocycles. The Morgan fingerprint density at radius 2 is 2.00 bits per heavy atom. The fourth-order valence-corrected chi connectivity index (χ4v) is 4.95. The highest BCUT2D eigenvalue weighted by Crippen LogP contribution is 2.32. The molecule has 35 heavy (non-hydrogen) atoms. The Morgan fingerprint density at radius 1 is 1.26 bits per heavy atom. The van der Waals surface area contributed by atoms with Gasteiger partial charge in [-0.3, -0.25) is 4.57 Å². The number of nitrogens with zero attached hydrogens (tertiary/aromatic N) is 5. The van der Waals surface area contributed by atoms with Crippen molar-refractivity contribution >= 4 is 28.8 Å². The molecule has 0 aliphatic carbocycles. The van der Waals surface area contributed by atoms with E-state index in [4.69, 9.17) is 21.1 Å². The van der Waals surface area contributed by atoms with E-state index in [2.05, 4.69) is 40.0 Å². The first-order valence-electron chi connectivity index (χ1n) is 11.7. The van der Waals surface area contributed by atoms with Crippen LogP contribution >= 0.6 is 11.6 Å². The minimum Gasteiger partial charge on any atom is -0.489 e. The van der Waals surface area contributed by atoms with E-state index in [-0.39, 0.29) is 11.8 Å². The van der Waals surface area contributed by atoms with Crippen LogP contribution in [0.2, 0.25) is 5.02 Å². The fourth-order valence-electron chi connectivity index (χ4n) is 4.76. The summed E-state index contributed by atoms with van der Waals surface area (Å²) in [6.45, 7) is 4.63. The van der Waals surface area contributed by atoms with Crippen molar-refractivity contribution in [2.24, 2.45) is 0 Å². The molecule has 3 heterocycles. The predicted molar refractivity (Wildman–Crippen MR) is 135 cm³/mol. The molecule has 2 aliphatic rings. The summed E-state index contributed by atoms with van der Waals surface area (Å²) in [7, 11) is 2.14. The highest BCUT2D eigenvalue weighted by Gasteiger charge is 2.41. The van der Waals surface area contributed by atoms with E-state index in [1.54, 1.807) is 4.57 Å². The topological polar surface area (TPSA) is 85.9 Å². The van der Waals surface area contributed by atoms with Gasteiger partial charge in [0.1, 0.15) is 18.6 Å². The first-order valence-corrected chi connectivity index (χ1v) is 12.0. The Kier molecular flexibility index (Phi) is 6.19. The summed E-state index contributed by atoms with van der Waals surface area (Å²) in [5.74, 6) is 0.545. The lowest BCUT2D eigenvalue weighted by molar-refractivity contribution is -0.389. The summed E-state index contributed by atoms with van der Waals surface area (Å²) in [6.07, 6.45) is 3.54. The van der Waals surface area contributed by atoms with Crippen LogP contribution in [-0.2, 0) is 6.54 Å². The van der Waals surface area contributed by atoms with Crippen molar-refractivity contribution < 1.29 is 14.4 Å². The van der Waals surface area contributed by atoms with Crippen LogP contribution in [0.25, 0.3) is 0 Å². The van der Waals surface area contributed by atoms with E-state index >= 15 is 0 Å². The number of imidazole rings is 1. The maximum atomic E-state index is 10.9. The van der Waals surface area contributed by atoms with Crippen molar-refractivity contribution in [2.75, 3.05) is 36.5 Å². The second kappa shape index (κ2) is 9.30. The van der Waals surface area contributed by atoms with Crippen LogP contribution < -0.4 is 19.3 Å². The SMILES string of the molecule is CN(c1cccc(Cl)c1)C1CCN(c2ccc(OC[C@@]3(C)Cn4cc([N+](=O)[O-])nc4O3)cc2)CC1. The van der Waals surface area contributed by atoms with Crippen LogP contribution in [0.15, 0.2) is 54.7 Å². The van der Waals surface area contributed by atoms with Gasteiger partial charge in [-0.2, -0.15) is 0 Å². The highest BCUT2D eigenvalue weighted by atomic mass is 35.5. The molecule has 5 rings (SSSR count). The summed E-state index contributed by atoms with van der Waals surface area (Å²) in [4.78, 5) is 19.0. The lowest BCUT2D eigenvalue weighted by Crippen LogP contribution is -2.43. The Bertz CT molecular complexity index is 1180. The third kappa shape index (κ3) is 5.00. The van der Waals surface area contributed by atoms with Crippen molar-refractivity contribution in [2.45, 2.75) is 38.0 Å². The third-order valence-electron chi connectivity index (χ3n) is 6.73. The van der Waals surface area contributed by atoms with Crippen LogP contribution in [0.3, 0.4) is 0 Å². The molecule has 10 heteroatoms. The molecular formula is C25H28ClN5O4. The number of hydrogen-bond donors (Lipinski definition) is 0. The second-order valence-corrected chi connectivity index (χ2v) is 9.85. The summed E-state index contributed by atoms with van der Waals surface area (Å²) in [5.41, 5.74) is 1.70. The summed E-state index contributed by atoms with van der Waals surface area (Å²) in [5, 5.41) is 11.6. The van der Waals surface area contributed by atoms with Crippen LogP contribution in [0.1, 0.15) is 19.8 Å². The summed E-state index contributed by atoms with van der Waals surface area (Å²) < 4.78 is 13.5. The van der Waals surface area contributed by atoms with E-state index < -0.39 is 10.5 Å². The molecule has 1 aromatic heterocycles. The number of piperidine rings is 1. The summed E-state index contributed by atoms with van der Waals surface area (Å²) >= 11 is 6.16. The molecule has 1 atom stereocenters. The van der Waals surface area contributed by atoms with Gasteiger partial charge in [-0.25, -0.2) is 0 Å². The van der Waals surface area contributed by atoms with Crippen molar-refractivity contribution in [1.29, 1.82) is 0 Å². The van der Waals surface area contributed by atoms with Gasteiger partial charge in [0.2, 0.25) is 0 Å². The Balaban J connectivity index is 1.12.